The van der Waals surface area contributed by atoms with Crippen LogP contribution in [0.3, 0.4) is 0 Å². The second-order valence-electron chi connectivity index (χ2n) is 6.08. The van der Waals surface area contributed by atoms with Gasteiger partial charge in [0.15, 0.2) is 0 Å². The van der Waals surface area contributed by atoms with E-state index in [2.05, 4.69) is 15.3 Å². The molecule has 0 radical (unpaired) electrons. The van der Waals surface area contributed by atoms with E-state index in [1.165, 1.54) is 6.07 Å². The quantitative estimate of drug-likeness (QED) is 0.421. The molecule has 0 amide bonds. The number of hydrogen-bond acceptors (Lipinski definition) is 7. The third kappa shape index (κ3) is 3.96. The van der Waals surface area contributed by atoms with Gasteiger partial charge in [-0.1, -0.05) is 42.8 Å². The Morgan fingerprint density at radius 2 is 1.93 bits per heavy atom. The summed E-state index contributed by atoms with van der Waals surface area (Å²) >= 11 is 6.15. The summed E-state index contributed by atoms with van der Waals surface area (Å²) in [7, 11) is 0. The molecule has 3 aromatic rings. The number of nitrogens with one attached hydrogen (secondary N) is 1. The summed E-state index contributed by atoms with van der Waals surface area (Å²) in [5.41, 5.74) is 14.6. The van der Waals surface area contributed by atoms with E-state index in [-0.39, 0.29) is 17.5 Å². The van der Waals surface area contributed by atoms with Gasteiger partial charge in [-0.2, -0.15) is 4.98 Å². The first kappa shape index (κ1) is 19.4. The highest BCUT2D eigenvalue weighted by molar-refractivity contribution is 6.31. The Hall–Kier alpha value is -3.39. The number of aryl methyl sites for hydroxylation is 1. The fourth-order valence-electron chi connectivity index (χ4n) is 2.94. The summed E-state index contributed by atoms with van der Waals surface area (Å²) in [5.74, 6) is 0.265. The molecule has 0 atom stereocenters. The predicted octanol–water partition coefficient (Wildman–Crippen LogP) is 4.04. The van der Waals surface area contributed by atoms with Crippen molar-refractivity contribution in [2.45, 2.75) is 19.9 Å². The molecule has 0 bridgehead atoms. The number of hydrogen-bond donors (Lipinski definition) is 3. The summed E-state index contributed by atoms with van der Waals surface area (Å²) in [6.07, 6.45) is 0.562. The first-order valence-electron chi connectivity index (χ1n) is 8.58. The smallest absolute Gasteiger partial charge is 0.292 e. The molecule has 0 saturated carbocycles. The molecule has 8 nitrogen and oxygen atoms in total. The lowest BCUT2D eigenvalue weighted by Gasteiger charge is -2.13. The van der Waals surface area contributed by atoms with E-state index in [0.29, 0.717) is 40.5 Å². The molecule has 3 rings (SSSR count). The maximum atomic E-state index is 11.6. The van der Waals surface area contributed by atoms with Crippen molar-refractivity contribution in [2.24, 2.45) is 0 Å². The van der Waals surface area contributed by atoms with E-state index >= 15 is 0 Å². The molecule has 0 unspecified atom stereocenters. The fourth-order valence-corrected chi connectivity index (χ4v) is 3.14. The van der Waals surface area contributed by atoms with Crippen molar-refractivity contribution in [3.8, 4) is 11.1 Å². The molecule has 5 N–H and O–H groups in total. The largest absolute Gasteiger partial charge is 0.383 e. The highest BCUT2D eigenvalue weighted by Gasteiger charge is 2.19. The molecule has 0 aliphatic heterocycles. The van der Waals surface area contributed by atoms with Gasteiger partial charge >= 0.3 is 0 Å². The average molecular weight is 399 g/mol. The van der Waals surface area contributed by atoms with Crippen LogP contribution in [0, 0.1) is 10.1 Å². The topological polar surface area (TPSA) is 133 Å². The van der Waals surface area contributed by atoms with Crippen LogP contribution in [-0.4, -0.2) is 14.9 Å². The van der Waals surface area contributed by atoms with E-state index in [9.17, 15) is 10.1 Å². The third-order valence-electron chi connectivity index (χ3n) is 4.27. The first-order valence-corrected chi connectivity index (χ1v) is 8.96. The van der Waals surface area contributed by atoms with Gasteiger partial charge in [-0.3, -0.25) is 10.1 Å². The van der Waals surface area contributed by atoms with Gasteiger partial charge in [0.25, 0.3) is 5.69 Å². The predicted molar refractivity (Wildman–Crippen MR) is 111 cm³/mol. The van der Waals surface area contributed by atoms with Gasteiger partial charge in [0.2, 0.25) is 5.95 Å². The zero-order valence-electron chi connectivity index (χ0n) is 15.1. The number of nitro benzene ring substituents is 1. The highest BCUT2D eigenvalue weighted by atomic mass is 35.5. The fraction of sp³-hybridized carbons (Fsp3) is 0.158. The second kappa shape index (κ2) is 8.10. The van der Waals surface area contributed by atoms with Crippen LogP contribution in [0.1, 0.15) is 18.2 Å². The molecule has 0 aliphatic rings. The lowest BCUT2D eigenvalue weighted by atomic mass is 10.0. The van der Waals surface area contributed by atoms with Gasteiger partial charge < -0.3 is 16.8 Å². The van der Waals surface area contributed by atoms with E-state index in [0.717, 1.165) is 5.56 Å². The van der Waals surface area contributed by atoms with Gasteiger partial charge in [-0.15, -0.1) is 0 Å². The number of anilines is 3. The maximum absolute atomic E-state index is 11.6. The van der Waals surface area contributed by atoms with Crippen molar-refractivity contribution in [3.05, 3.63) is 68.9 Å². The lowest BCUT2D eigenvalue weighted by molar-refractivity contribution is -0.383. The number of nitrogens with zero attached hydrogens (tertiary/aromatic N) is 3. The number of rotatable bonds is 6. The molecule has 0 aliphatic carbocycles. The molecule has 28 heavy (non-hydrogen) atoms. The summed E-state index contributed by atoms with van der Waals surface area (Å²) in [4.78, 5) is 19.4. The van der Waals surface area contributed by atoms with Gasteiger partial charge in [0.05, 0.1) is 10.6 Å². The zero-order valence-corrected chi connectivity index (χ0v) is 15.9. The molecular weight excluding hydrogens is 380 g/mol. The van der Waals surface area contributed by atoms with Crippen molar-refractivity contribution < 1.29 is 4.92 Å². The Labute approximate surface area is 166 Å². The van der Waals surface area contributed by atoms with Crippen LogP contribution < -0.4 is 16.8 Å². The van der Waals surface area contributed by atoms with E-state index in [1.54, 1.807) is 18.2 Å². The number of aromatic nitrogens is 2. The van der Waals surface area contributed by atoms with Gasteiger partial charge in [0, 0.05) is 23.2 Å². The molecule has 0 fully saturated rings. The van der Waals surface area contributed by atoms with Crippen molar-refractivity contribution in [3.63, 3.8) is 0 Å². The van der Waals surface area contributed by atoms with E-state index in [1.807, 2.05) is 25.1 Å². The molecular formula is C19H19ClN6O2. The minimum atomic E-state index is -0.446. The van der Waals surface area contributed by atoms with Crippen LogP contribution in [0.4, 0.5) is 23.1 Å². The number of benzene rings is 2. The summed E-state index contributed by atoms with van der Waals surface area (Å²) in [5, 5.41) is 15.3. The minimum absolute atomic E-state index is 0.0747. The summed E-state index contributed by atoms with van der Waals surface area (Å²) < 4.78 is 0. The van der Waals surface area contributed by atoms with Crippen LogP contribution in [0.25, 0.3) is 11.1 Å². The minimum Gasteiger partial charge on any atom is -0.383 e. The molecule has 0 saturated heterocycles. The van der Waals surface area contributed by atoms with Gasteiger partial charge in [0.1, 0.15) is 11.5 Å². The Kier molecular flexibility index (Phi) is 5.60. The normalized spacial score (nSPS) is 10.6. The van der Waals surface area contributed by atoms with Crippen molar-refractivity contribution in [1.82, 2.24) is 9.97 Å². The average Bonchev–Trinajstić information content (AvgIpc) is 2.66. The second-order valence-corrected chi connectivity index (χ2v) is 6.48. The Balaban J connectivity index is 1.99. The Bertz CT molecular complexity index is 1040. The molecule has 1 aromatic heterocycles. The number of halogens is 1. The highest BCUT2D eigenvalue weighted by Crippen LogP contribution is 2.35. The van der Waals surface area contributed by atoms with Crippen LogP contribution in [0.2, 0.25) is 5.02 Å². The lowest BCUT2D eigenvalue weighted by Crippen LogP contribution is -2.07. The summed E-state index contributed by atoms with van der Waals surface area (Å²) in [6.45, 7) is 2.26. The SMILES string of the molecule is CCc1nc(N)nc(N)c1-c1ccc(NCc2ccccc2Cl)c([N+](=O)[O-])c1. The van der Waals surface area contributed by atoms with Crippen molar-refractivity contribution in [2.75, 3.05) is 16.8 Å². The standard InChI is InChI=1S/C19H19ClN6O2/c1-2-14-17(18(21)25-19(22)24-14)11-7-8-15(16(9-11)26(27)28)23-10-12-5-3-4-6-13(12)20/h3-9,23H,2,10H2,1H3,(H4,21,22,24,25). The first-order chi connectivity index (χ1) is 13.4. The number of nitrogens with two attached hydrogens (primary N) is 2. The summed E-state index contributed by atoms with van der Waals surface area (Å²) in [6, 6.07) is 12.1. The van der Waals surface area contributed by atoms with Crippen molar-refractivity contribution >= 4 is 34.7 Å². The monoisotopic (exact) mass is 398 g/mol. The van der Waals surface area contributed by atoms with Crippen LogP contribution in [0.15, 0.2) is 42.5 Å². The third-order valence-corrected chi connectivity index (χ3v) is 4.64. The molecule has 1 heterocycles. The molecule has 0 spiro atoms. The zero-order chi connectivity index (χ0) is 20.3. The molecule has 2 aromatic carbocycles. The van der Waals surface area contributed by atoms with Crippen molar-refractivity contribution in [1.29, 1.82) is 0 Å². The van der Waals surface area contributed by atoms with Crippen LogP contribution in [0.5, 0.6) is 0 Å². The van der Waals surface area contributed by atoms with Gasteiger partial charge in [-0.25, -0.2) is 4.98 Å². The molecule has 144 valence electrons. The van der Waals surface area contributed by atoms with E-state index < -0.39 is 4.92 Å². The Morgan fingerprint density at radius 3 is 2.61 bits per heavy atom. The molecule has 9 heteroatoms. The number of nitrogen functional groups attached to an aromatic ring is 2. The van der Waals surface area contributed by atoms with Gasteiger partial charge in [-0.05, 0) is 29.7 Å². The number of nitro groups is 1. The van der Waals surface area contributed by atoms with Crippen LogP contribution in [-0.2, 0) is 13.0 Å². The van der Waals surface area contributed by atoms with Crippen LogP contribution >= 0.6 is 11.6 Å². The van der Waals surface area contributed by atoms with E-state index in [4.69, 9.17) is 23.1 Å². The Morgan fingerprint density at radius 1 is 1.18 bits per heavy atom. The maximum Gasteiger partial charge on any atom is 0.292 e.